The zero-order chi connectivity index (χ0) is 18.4. The SMILES string of the molecule is NC1CCCC(C(=O)NCCc2ccc(OCC(=O)NC3CC3)cc2)C1. The molecule has 1 aromatic rings. The number of ether oxygens (including phenoxy) is 1. The molecule has 2 aliphatic carbocycles. The Morgan fingerprint density at radius 3 is 2.58 bits per heavy atom. The minimum absolute atomic E-state index is 0.0510. The highest BCUT2D eigenvalue weighted by molar-refractivity contribution is 5.79. The molecule has 2 unspecified atom stereocenters. The quantitative estimate of drug-likeness (QED) is 0.656. The highest BCUT2D eigenvalue weighted by atomic mass is 16.5. The lowest BCUT2D eigenvalue weighted by atomic mass is 9.85. The third-order valence-corrected chi connectivity index (χ3v) is 5.03. The summed E-state index contributed by atoms with van der Waals surface area (Å²) in [5.74, 6) is 0.805. The first-order valence-corrected chi connectivity index (χ1v) is 9.64. The first-order chi connectivity index (χ1) is 12.6. The van der Waals surface area contributed by atoms with Gasteiger partial charge < -0.3 is 21.1 Å². The van der Waals surface area contributed by atoms with Gasteiger partial charge in [-0.3, -0.25) is 9.59 Å². The molecule has 26 heavy (non-hydrogen) atoms. The van der Waals surface area contributed by atoms with Crippen LogP contribution in [0, 0.1) is 5.92 Å². The summed E-state index contributed by atoms with van der Waals surface area (Å²) in [4.78, 5) is 23.8. The molecule has 0 radical (unpaired) electrons. The fourth-order valence-electron chi connectivity index (χ4n) is 3.34. The summed E-state index contributed by atoms with van der Waals surface area (Å²) in [6.07, 6.45) is 6.73. The van der Waals surface area contributed by atoms with Crippen LogP contribution in [-0.2, 0) is 16.0 Å². The minimum atomic E-state index is -0.0679. The molecule has 0 spiro atoms. The molecule has 0 bridgehead atoms. The maximum Gasteiger partial charge on any atom is 0.258 e. The van der Waals surface area contributed by atoms with Crippen LogP contribution in [0.2, 0.25) is 0 Å². The van der Waals surface area contributed by atoms with Gasteiger partial charge in [0.1, 0.15) is 5.75 Å². The second-order valence-corrected chi connectivity index (χ2v) is 7.44. The van der Waals surface area contributed by atoms with Gasteiger partial charge in [0.15, 0.2) is 6.61 Å². The lowest BCUT2D eigenvalue weighted by molar-refractivity contribution is -0.126. The van der Waals surface area contributed by atoms with Crippen LogP contribution in [-0.4, -0.2) is 37.0 Å². The smallest absolute Gasteiger partial charge is 0.258 e. The van der Waals surface area contributed by atoms with Gasteiger partial charge in [0, 0.05) is 24.5 Å². The molecular weight excluding hydrogens is 330 g/mol. The number of amides is 2. The third-order valence-electron chi connectivity index (χ3n) is 5.03. The first-order valence-electron chi connectivity index (χ1n) is 9.64. The summed E-state index contributed by atoms with van der Waals surface area (Å²) in [6.45, 7) is 0.671. The number of benzene rings is 1. The summed E-state index contributed by atoms with van der Waals surface area (Å²) in [6, 6.07) is 8.18. The monoisotopic (exact) mass is 359 g/mol. The summed E-state index contributed by atoms with van der Waals surface area (Å²) in [5.41, 5.74) is 7.08. The largest absolute Gasteiger partial charge is 0.484 e. The highest BCUT2D eigenvalue weighted by Gasteiger charge is 2.25. The third kappa shape index (κ3) is 6.02. The molecule has 142 valence electrons. The van der Waals surface area contributed by atoms with E-state index < -0.39 is 0 Å². The Balaban J connectivity index is 1.34. The zero-order valence-electron chi connectivity index (χ0n) is 15.2. The van der Waals surface area contributed by atoms with E-state index in [0.717, 1.165) is 50.5 Å². The van der Waals surface area contributed by atoms with Gasteiger partial charge in [0.2, 0.25) is 5.91 Å². The molecule has 0 heterocycles. The first kappa shape index (κ1) is 18.7. The van der Waals surface area contributed by atoms with Crippen LogP contribution in [0.25, 0.3) is 0 Å². The van der Waals surface area contributed by atoms with Crippen molar-refractivity contribution in [1.29, 1.82) is 0 Å². The number of nitrogens with one attached hydrogen (secondary N) is 2. The average molecular weight is 359 g/mol. The molecular formula is C20H29N3O3. The van der Waals surface area contributed by atoms with Crippen molar-refractivity contribution in [3.8, 4) is 5.75 Å². The lowest BCUT2D eigenvalue weighted by Gasteiger charge is -2.25. The van der Waals surface area contributed by atoms with Crippen molar-refractivity contribution in [2.75, 3.05) is 13.2 Å². The van der Waals surface area contributed by atoms with Crippen molar-refractivity contribution in [2.24, 2.45) is 11.7 Å². The molecule has 4 N–H and O–H groups in total. The van der Waals surface area contributed by atoms with Crippen molar-refractivity contribution in [3.63, 3.8) is 0 Å². The maximum absolute atomic E-state index is 12.2. The summed E-state index contributed by atoms with van der Waals surface area (Å²) < 4.78 is 5.49. The van der Waals surface area contributed by atoms with Gasteiger partial charge >= 0.3 is 0 Å². The van der Waals surface area contributed by atoms with Crippen LogP contribution < -0.4 is 21.1 Å². The highest BCUT2D eigenvalue weighted by Crippen LogP contribution is 2.23. The molecule has 2 aliphatic rings. The maximum atomic E-state index is 12.2. The van der Waals surface area contributed by atoms with Crippen LogP contribution in [0.5, 0.6) is 5.75 Å². The van der Waals surface area contributed by atoms with Crippen LogP contribution in [0.3, 0.4) is 0 Å². The molecule has 6 heteroatoms. The van der Waals surface area contributed by atoms with E-state index in [1.807, 2.05) is 24.3 Å². The van der Waals surface area contributed by atoms with Gasteiger partial charge in [-0.15, -0.1) is 0 Å². The number of hydrogen-bond donors (Lipinski definition) is 3. The van der Waals surface area contributed by atoms with Gasteiger partial charge in [0.25, 0.3) is 5.91 Å². The molecule has 1 aromatic carbocycles. The van der Waals surface area contributed by atoms with E-state index in [9.17, 15) is 9.59 Å². The zero-order valence-corrected chi connectivity index (χ0v) is 15.2. The molecule has 0 aromatic heterocycles. The van der Waals surface area contributed by atoms with Gasteiger partial charge in [-0.2, -0.15) is 0 Å². The number of carbonyl (C=O) groups is 2. The van der Waals surface area contributed by atoms with E-state index in [0.29, 0.717) is 18.3 Å². The Labute approximate surface area is 154 Å². The second-order valence-electron chi connectivity index (χ2n) is 7.44. The van der Waals surface area contributed by atoms with Gasteiger partial charge in [0.05, 0.1) is 0 Å². The average Bonchev–Trinajstić information content (AvgIpc) is 3.45. The van der Waals surface area contributed by atoms with Crippen molar-refractivity contribution < 1.29 is 14.3 Å². The molecule has 3 rings (SSSR count). The van der Waals surface area contributed by atoms with E-state index in [4.69, 9.17) is 10.5 Å². The fourth-order valence-corrected chi connectivity index (χ4v) is 3.34. The minimum Gasteiger partial charge on any atom is -0.484 e. The van der Waals surface area contributed by atoms with Gasteiger partial charge in [-0.1, -0.05) is 18.6 Å². The van der Waals surface area contributed by atoms with Crippen LogP contribution in [0.4, 0.5) is 0 Å². The Hall–Kier alpha value is -2.08. The van der Waals surface area contributed by atoms with Gasteiger partial charge in [-0.05, 0) is 56.2 Å². The molecule has 2 fully saturated rings. The van der Waals surface area contributed by atoms with Crippen molar-refractivity contribution >= 4 is 11.8 Å². The predicted molar refractivity (Wildman–Crippen MR) is 99.7 cm³/mol. The number of nitrogens with two attached hydrogens (primary N) is 1. The Morgan fingerprint density at radius 2 is 1.88 bits per heavy atom. The molecule has 0 saturated heterocycles. The number of carbonyl (C=O) groups excluding carboxylic acids is 2. The lowest BCUT2D eigenvalue weighted by Crippen LogP contribution is -2.38. The molecule has 2 atom stereocenters. The van der Waals surface area contributed by atoms with Crippen molar-refractivity contribution in [1.82, 2.24) is 10.6 Å². The van der Waals surface area contributed by atoms with E-state index in [1.165, 1.54) is 0 Å². The Morgan fingerprint density at radius 1 is 1.12 bits per heavy atom. The van der Waals surface area contributed by atoms with Crippen LogP contribution in [0.15, 0.2) is 24.3 Å². The fraction of sp³-hybridized carbons (Fsp3) is 0.600. The molecule has 6 nitrogen and oxygen atoms in total. The summed E-state index contributed by atoms with van der Waals surface area (Å²) in [7, 11) is 0. The Bertz CT molecular complexity index is 613. The van der Waals surface area contributed by atoms with Crippen molar-refractivity contribution in [2.45, 2.75) is 57.0 Å². The molecule has 0 aliphatic heterocycles. The Kier molecular flexibility index (Phi) is 6.50. The van der Waals surface area contributed by atoms with Crippen LogP contribution >= 0.6 is 0 Å². The predicted octanol–water partition coefficient (Wildman–Crippen LogP) is 1.52. The molecule has 2 saturated carbocycles. The standard InChI is InChI=1S/C20H29N3O3/c21-16-3-1-2-15(12-16)20(25)22-11-10-14-4-8-18(9-5-14)26-13-19(24)23-17-6-7-17/h4-5,8-9,15-17H,1-3,6-7,10-13,21H2,(H,22,25)(H,23,24). The number of rotatable bonds is 8. The van der Waals surface area contributed by atoms with Crippen molar-refractivity contribution in [3.05, 3.63) is 29.8 Å². The second kappa shape index (κ2) is 9.03. The molecule has 2 amide bonds. The summed E-state index contributed by atoms with van der Waals surface area (Å²) in [5, 5.41) is 5.91. The normalized spacial score (nSPS) is 22.5. The van der Waals surface area contributed by atoms with E-state index in [2.05, 4.69) is 10.6 Å². The topological polar surface area (TPSA) is 93.5 Å². The number of hydrogen-bond acceptors (Lipinski definition) is 4. The van der Waals surface area contributed by atoms with E-state index >= 15 is 0 Å². The summed E-state index contributed by atoms with van der Waals surface area (Å²) >= 11 is 0. The van der Waals surface area contributed by atoms with Gasteiger partial charge in [-0.25, -0.2) is 0 Å². The van der Waals surface area contributed by atoms with E-state index in [-0.39, 0.29) is 30.4 Å². The van der Waals surface area contributed by atoms with Crippen LogP contribution in [0.1, 0.15) is 44.1 Å². The van der Waals surface area contributed by atoms with E-state index in [1.54, 1.807) is 0 Å².